The highest BCUT2D eigenvalue weighted by Gasteiger charge is 2.18. The van der Waals surface area contributed by atoms with E-state index in [1.165, 1.54) is 13.0 Å². The van der Waals surface area contributed by atoms with Crippen molar-refractivity contribution in [1.29, 1.82) is 0 Å². The van der Waals surface area contributed by atoms with E-state index in [-0.39, 0.29) is 6.10 Å². The van der Waals surface area contributed by atoms with Crippen LogP contribution in [-0.2, 0) is 0 Å². The van der Waals surface area contributed by atoms with Gasteiger partial charge >= 0.3 is 0 Å². The van der Waals surface area contributed by atoms with Gasteiger partial charge in [-0.3, -0.25) is 0 Å². The van der Waals surface area contributed by atoms with Crippen molar-refractivity contribution in [3.05, 3.63) is 0 Å². The van der Waals surface area contributed by atoms with E-state index in [1.807, 2.05) is 0 Å². The molecule has 0 aliphatic heterocycles. The molecule has 0 aromatic carbocycles. The molecule has 3 heteroatoms. The van der Waals surface area contributed by atoms with Crippen LogP contribution in [0.2, 0.25) is 0 Å². The van der Waals surface area contributed by atoms with Gasteiger partial charge in [-0.1, -0.05) is 0 Å². The first-order chi connectivity index (χ1) is 7.59. The molecule has 96 valence electrons. The summed E-state index contributed by atoms with van der Waals surface area (Å²) in [6.07, 6.45) is 5.41. The van der Waals surface area contributed by atoms with Gasteiger partial charge in [0.2, 0.25) is 0 Å². The summed E-state index contributed by atoms with van der Waals surface area (Å²) in [5.41, 5.74) is 0. The molecule has 16 heavy (non-hydrogen) atoms. The molecule has 0 aromatic rings. The predicted octanol–water partition coefficient (Wildman–Crippen LogP) is 1.61. The van der Waals surface area contributed by atoms with Crippen LogP contribution in [0.1, 0.15) is 46.0 Å². The van der Waals surface area contributed by atoms with E-state index in [0.717, 1.165) is 32.2 Å². The number of nitrogens with one attached hydrogen (secondary N) is 1. The van der Waals surface area contributed by atoms with Gasteiger partial charge in [0.25, 0.3) is 0 Å². The van der Waals surface area contributed by atoms with Crippen molar-refractivity contribution in [2.24, 2.45) is 0 Å². The van der Waals surface area contributed by atoms with Crippen LogP contribution in [0.3, 0.4) is 0 Å². The van der Waals surface area contributed by atoms with Crippen LogP contribution in [0.25, 0.3) is 0 Å². The molecule has 0 saturated heterocycles. The fraction of sp³-hybridized carbons (Fsp3) is 1.00. The molecular weight excluding hydrogens is 200 g/mol. The molecule has 1 aliphatic carbocycles. The van der Waals surface area contributed by atoms with Crippen molar-refractivity contribution >= 4 is 0 Å². The lowest BCUT2D eigenvalue weighted by Crippen LogP contribution is -2.36. The molecule has 0 atom stereocenters. The molecule has 0 unspecified atom stereocenters. The Labute approximate surface area is 100 Å². The Balaban J connectivity index is 1.99. The van der Waals surface area contributed by atoms with E-state index in [9.17, 15) is 5.11 Å². The zero-order valence-corrected chi connectivity index (χ0v) is 11.1. The van der Waals surface area contributed by atoms with Gasteiger partial charge in [0.05, 0.1) is 6.10 Å². The molecule has 1 fully saturated rings. The molecule has 1 saturated carbocycles. The molecule has 0 heterocycles. The molecule has 3 nitrogen and oxygen atoms in total. The van der Waals surface area contributed by atoms with Crippen molar-refractivity contribution in [3.8, 4) is 0 Å². The first-order valence-electron chi connectivity index (χ1n) is 6.71. The Morgan fingerprint density at radius 2 is 1.88 bits per heavy atom. The average molecular weight is 228 g/mol. The van der Waals surface area contributed by atoms with E-state index in [0.29, 0.717) is 12.1 Å². The highest BCUT2D eigenvalue weighted by molar-refractivity contribution is 4.76. The van der Waals surface area contributed by atoms with Crippen LogP contribution in [0.5, 0.6) is 0 Å². The first-order valence-corrected chi connectivity index (χ1v) is 6.71. The quantitative estimate of drug-likeness (QED) is 0.678. The highest BCUT2D eigenvalue weighted by Crippen LogP contribution is 2.18. The Kier molecular flexibility index (Phi) is 6.32. The molecule has 0 bridgehead atoms. The summed E-state index contributed by atoms with van der Waals surface area (Å²) in [5.74, 6) is 0. The van der Waals surface area contributed by atoms with Gasteiger partial charge in [0.1, 0.15) is 0 Å². The molecule has 0 amide bonds. The molecule has 0 aromatic heterocycles. The Hall–Kier alpha value is -0.120. The van der Waals surface area contributed by atoms with Crippen LogP contribution in [0, 0.1) is 0 Å². The molecule has 1 aliphatic rings. The second-order valence-corrected chi connectivity index (χ2v) is 5.39. The molecule has 1 rings (SSSR count). The van der Waals surface area contributed by atoms with E-state index in [1.54, 1.807) is 0 Å². The molecular formula is C13H28N2O. The maximum absolute atomic E-state index is 9.40. The smallest absolute Gasteiger partial charge is 0.0541 e. The second-order valence-electron chi connectivity index (χ2n) is 5.39. The average Bonchev–Trinajstić information content (AvgIpc) is 2.26. The minimum absolute atomic E-state index is 0.0369. The Bertz CT molecular complexity index is 177. The van der Waals surface area contributed by atoms with E-state index in [4.69, 9.17) is 0 Å². The van der Waals surface area contributed by atoms with E-state index >= 15 is 0 Å². The lowest BCUT2D eigenvalue weighted by atomic mass is 9.93. The van der Waals surface area contributed by atoms with Gasteiger partial charge in [0, 0.05) is 12.1 Å². The van der Waals surface area contributed by atoms with Crippen LogP contribution >= 0.6 is 0 Å². The Morgan fingerprint density at radius 1 is 1.25 bits per heavy atom. The summed E-state index contributed by atoms with van der Waals surface area (Å²) < 4.78 is 0. The zero-order chi connectivity index (χ0) is 12.0. The van der Waals surface area contributed by atoms with Crippen molar-refractivity contribution in [3.63, 3.8) is 0 Å². The number of hydrogen-bond donors (Lipinski definition) is 2. The zero-order valence-electron chi connectivity index (χ0n) is 11.1. The van der Waals surface area contributed by atoms with Crippen molar-refractivity contribution in [2.75, 3.05) is 20.1 Å². The SMILES string of the molecule is CC(C)N(C)CCCNC1CCC(O)CC1. The first kappa shape index (κ1) is 13.9. The number of nitrogens with zero attached hydrogens (tertiary/aromatic N) is 1. The third-order valence-corrected chi connectivity index (χ3v) is 3.70. The minimum Gasteiger partial charge on any atom is -0.393 e. The summed E-state index contributed by atoms with van der Waals surface area (Å²) in [5, 5.41) is 13.0. The summed E-state index contributed by atoms with van der Waals surface area (Å²) in [4.78, 5) is 2.38. The van der Waals surface area contributed by atoms with Crippen molar-refractivity contribution in [1.82, 2.24) is 10.2 Å². The topological polar surface area (TPSA) is 35.5 Å². The minimum atomic E-state index is -0.0369. The summed E-state index contributed by atoms with van der Waals surface area (Å²) >= 11 is 0. The molecule has 2 N–H and O–H groups in total. The summed E-state index contributed by atoms with van der Waals surface area (Å²) in [7, 11) is 2.18. The van der Waals surface area contributed by atoms with Gasteiger partial charge < -0.3 is 15.3 Å². The van der Waals surface area contributed by atoms with Gasteiger partial charge in [-0.2, -0.15) is 0 Å². The van der Waals surface area contributed by atoms with Crippen molar-refractivity contribution < 1.29 is 5.11 Å². The van der Waals surface area contributed by atoms with Crippen LogP contribution in [-0.4, -0.2) is 48.3 Å². The van der Waals surface area contributed by atoms with Gasteiger partial charge in [-0.05, 0) is 66.1 Å². The van der Waals surface area contributed by atoms with Gasteiger partial charge in [-0.25, -0.2) is 0 Å². The normalized spacial score (nSPS) is 26.6. The van der Waals surface area contributed by atoms with E-state index < -0.39 is 0 Å². The Morgan fingerprint density at radius 3 is 2.44 bits per heavy atom. The lowest BCUT2D eigenvalue weighted by molar-refractivity contribution is 0.116. The largest absolute Gasteiger partial charge is 0.393 e. The monoisotopic (exact) mass is 228 g/mol. The third kappa shape index (κ3) is 5.28. The van der Waals surface area contributed by atoms with Crippen LogP contribution in [0.4, 0.5) is 0 Å². The van der Waals surface area contributed by atoms with Gasteiger partial charge in [0.15, 0.2) is 0 Å². The molecule has 0 radical (unpaired) electrons. The lowest BCUT2D eigenvalue weighted by Gasteiger charge is -2.27. The predicted molar refractivity (Wildman–Crippen MR) is 68.6 cm³/mol. The number of rotatable bonds is 6. The summed E-state index contributed by atoms with van der Waals surface area (Å²) in [6, 6.07) is 1.29. The van der Waals surface area contributed by atoms with Crippen molar-refractivity contribution in [2.45, 2.75) is 64.1 Å². The van der Waals surface area contributed by atoms with E-state index in [2.05, 4.69) is 31.1 Å². The standard InChI is InChI=1S/C13H28N2O/c1-11(2)15(3)10-4-9-14-12-5-7-13(16)8-6-12/h11-14,16H,4-10H2,1-3H3. The number of aliphatic hydroxyl groups excluding tert-OH is 1. The fourth-order valence-electron chi connectivity index (χ4n) is 2.17. The van der Waals surface area contributed by atoms with Crippen LogP contribution < -0.4 is 5.32 Å². The number of hydrogen-bond acceptors (Lipinski definition) is 3. The maximum atomic E-state index is 9.40. The highest BCUT2D eigenvalue weighted by atomic mass is 16.3. The second kappa shape index (κ2) is 7.25. The molecule has 0 spiro atoms. The van der Waals surface area contributed by atoms with Gasteiger partial charge in [-0.15, -0.1) is 0 Å². The maximum Gasteiger partial charge on any atom is 0.0541 e. The van der Waals surface area contributed by atoms with Crippen LogP contribution in [0.15, 0.2) is 0 Å². The summed E-state index contributed by atoms with van der Waals surface area (Å²) in [6.45, 7) is 6.74. The fourth-order valence-corrected chi connectivity index (χ4v) is 2.17. The number of aliphatic hydroxyl groups is 1. The third-order valence-electron chi connectivity index (χ3n) is 3.70.